The molecule has 2 aromatic carbocycles. The number of nitrogens with zero attached hydrogens (tertiary/aromatic N) is 3. The van der Waals surface area contributed by atoms with E-state index in [1.54, 1.807) is 11.3 Å². The molecule has 0 aliphatic carbocycles. The van der Waals surface area contributed by atoms with E-state index in [1.807, 2.05) is 24.3 Å². The van der Waals surface area contributed by atoms with Gasteiger partial charge in [0.2, 0.25) is 0 Å². The topological polar surface area (TPSA) is 28.6 Å². The number of para-hydroxylation sites is 3. The first-order valence-corrected chi connectivity index (χ1v) is 9.75. The van der Waals surface area contributed by atoms with Gasteiger partial charge in [0.05, 0.1) is 22.4 Å². The number of anilines is 1. The number of piperazine rings is 1. The van der Waals surface area contributed by atoms with Gasteiger partial charge in [-0.05, 0) is 24.3 Å². The highest BCUT2D eigenvalue weighted by Crippen LogP contribution is 2.29. The number of thiazole rings is 1. The Morgan fingerprint density at radius 2 is 1.77 bits per heavy atom. The normalized spacial score (nSPS) is 15.5. The van der Waals surface area contributed by atoms with Crippen molar-refractivity contribution in [3.8, 4) is 5.75 Å². The Labute approximate surface area is 156 Å². The summed E-state index contributed by atoms with van der Waals surface area (Å²) in [5.74, 6) is 0.768. The summed E-state index contributed by atoms with van der Waals surface area (Å²) in [6, 6.07) is 16.2. The molecular weight excluding hydrogens is 348 g/mol. The summed E-state index contributed by atoms with van der Waals surface area (Å²) in [4.78, 5) is 9.51. The molecule has 1 aliphatic rings. The molecule has 0 radical (unpaired) electrons. The van der Waals surface area contributed by atoms with Gasteiger partial charge in [-0.1, -0.05) is 24.3 Å². The molecule has 0 bridgehead atoms. The van der Waals surface area contributed by atoms with E-state index >= 15 is 0 Å². The average Bonchev–Trinajstić information content (AvgIpc) is 3.09. The number of ether oxygens (including phenoxy) is 1. The quantitative estimate of drug-likeness (QED) is 0.657. The van der Waals surface area contributed by atoms with Crippen LogP contribution < -0.4 is 9.64 Å². The Kier molecular flexibility index (Phi) is 5.32. The number of halogens is 1. The van der Waals surface area contributed by atoms with Crippen LogP contribution in [0.15, 0.2) is 48.5 Å². The highest BCUT2D eigenvalue weighted by Gasteiger charge is 2.20. The third-order valence-electron chi connectivity index (χ3n) is 4.61. The molecule has 0 unspecified atom stereocenters. The third kappa shape index (κ3) is 3.81. The van der Waals surface area contributed by atoms with Gasteiger partial charge >= 0.3 is 0 Å². The molecule has 1 aliphatic heterocycles. The van der Waals surface area contributed by atoms with Crippen LogP contribution in [-0.4, -0.2) is 49.3 Å². The fourth-order valence-corrected chi connectivity index (χ4v) is 4.32. The SMILES string of the molecule is [18F]CCOc1ccccc1N1CCN(Cc2nc3ccccc3s2)CC1. The minimum atomic E-state index is -0.468. The lowest BCUT2D eigenvalue weighted by Crippen LogP contribution is -2.46. The Hall–Kier alpha value is -2.18. The van der Waals surface area contributed by atoms with Crippen molar-refractivity contribution >= 4 is 27.2 Å². The highest BCUT2D eigenvalue weighted by atomic mass is 32.1. The zero-order chi connectivity index (χ0) is 17.8. The van der Waals surface area contributed by atoms with Crippen LogP contribution in [0.4, 0.5) is 10.1 Å². The lowest BCUT2D eigenvalue weighted by molar-refractivity contribution is 0.246. The molecule has 1 fully saturated rings. The summed E-state index contributed by atoms with van der Waals surface area (Å²) in [5.41, 5.74) is 2.14. The maximum Gasteiger partial charge on any atom is 0.142 e. The zero-order valence-electron chi connectivity index (χ0n) is 14.6. The minimum Gasteiger partial charge on any atom is -0.489 e. The first-order chi connectivity index (χ1) is 12.8. The number of alkyl halides is 1. The molecule has 1 saturated heterocycles. The molecule has 0 saturated carbocycles. The fourth-order valence-electron chi connectivity index (χ4n) is 3.31. The molecular formula is C20H22FN3OS. The van der Waals surface area contributed by atoms with Gasteiger partial charge in [-0.3, -0.25) is 4.90 Å². The molecule has 4 nitrogen and oxygen atoms in total. The molecule has 26 heavy (non-hydrogen) atoms. The summed E-state index contributed by atoms with van der Waals surface area (Å²) in [6.45, 7) is 4.36. The van der Waals surface area contributed by atoms with Crippen molar-refractivity contribution in [1.29, 1.82) is 0 Å². The van der Waals surface area contributed by atoms with Gasteiger partial charge in [0.15, 0.2) is 0 Å². The maximum absolute atomic E-state index is 12.4. The average molecular weight is 370 g/mol. The van der Waals surface area contributed by atoms with Gasteiger partial charge in [-0.25, -0.2) is 9.37 Å². The van der Waals surface area contributed by atoms with E-state index in [0.717, 1.165) is 49.7 Å². The van der Waals surface area contributed by atoms with Crippen LogP contribution in [0.3, 0.4) is 0 Å². The number of hydrogen-bond donors (Lipinski definition) is 0. The van der Waals surface area contributed by atoms with Gasteiger partial charge in [-0.2, -0.15) is 0 Å². The number of rotatable bonds is 6. The van der Waals surface area contributed by atoms with E-state index in [4.69, 9.17) is 9.72 Å². The molecule has 0 spiro atoms. The van der Waals surface area contributed by atoms with Crippen LogP contribution in [-0.2, 0) is 6.54 Å². The van der Waals surface area contributed by atoms with E-state index in [1.165, 1.54) is 9.71 Å². The molecule has 136 valence electrons. The summed E-state index contributed by atoms with van der Waals surface area (Å²) >= 11 is 1.78. The predicted octanol–water partition coefficient (Wildman–Crippen LogP) is 3.97. The second-order valence-corrected chi connectivity index (χ2v) is 7.46. The largest absolute Gasteiger partial charge is 0.489 e. The van der Waals surface area contributed by atoms with E-state index in [9.17, 15) is 4.39 Å². The summed E-state index contributed by atoms with van der Waals surface area (Å²) < 4.78 is 19.2. The second-order valence-electron chi connectivity index (χ2n) is 6.34. The lowest BCUT2D eigenvalue weighted by atomic mass is 10.2. The molecule has 4 rings (SSSR count). The van der Waals surface area contributed by atoms with Gasteiger partial charge in [-0.15, -0.1) is 11.3 Å². The van der Waals surface area contributed by atoms with Gasteiger partial charge in [0.25, 0.3) is 0 Å². The maximum atomic E-state index is 12.4. The second kappa shape index (κ2) is 8.01. The van der Waals surface area contributed by atoms with Crippen molar-refractivity contribution in [1.82, 2.24) is 9.88 Å². The first-order valence-electron chi connectivity index (χ1n) is 8.93. The van der Waals surface area contributed by atoms with Gasteiger partial charge in [0.1, 0.15) is 24.0 Å². The standard InChI is InChI=1S/C20H22FN3OS/c21-9-14-25-18-7-3-2-6-17(18)24-12-10-23(11-13-24)15-20-22-16-5-1-4-8-19(16)26-20/h1-8H,9-15H2/i21-1. The van der Waals surface area contributed by atoms with Crippen molar-refractivity contribution in [3.63, 3.8) is 0 Å². The molecule has 0 atom stereocenters. The Balaban J connectivity index is 1.38. The monoisotopic (exact) mass is 370 g/mol. The molecule has 0 amide bonds. The number of fused-ring (bicyclic) bond motifs is 1. The van der Waals surface area contributed by atoms with Crippen molar-refractivity contribution in [3.05, 3.63) is 53.5 Å². The number of hydrogen-bond acceptors (Lipinski definition) is 5. The van der Waals surface area contributed by atoms with Crippen molar-refractivity contribution in [2.24, 2.45) is 0 Å². The summed E-state index contributed by atoms with van der Waals surface area (Å²) in [7, 11) is 0. The molecule has 3 aromatic rings. The van der Waals surface area contributed by atoms with Crippen LogP contribution in [0.5, 0.6) is 5.75 Å². The highest BCUT2D eigenvalue weighted by molar-refractivity contribution is 7.18. The molecule has 2 heterocycles. The van der Waals surface area contributed by atoms with Crippen molar-refractivity contribution in [2.45, 2.75) is 6.54 Å². The van der Waals surface area contributed by atoms with E-state index in [-0.39, 0.29) is 6.61 Å². The van der Waals surface area contributed by atoms with Crippen LogP contribution in [0, 0.1) is 0 Å². The number of benzene rings is 2. The smallest absolute Gasteiger partial charge is 0.142 e. The van der Waals surface area contributed by atoms with Crippen LogP contribution in [0.2, 0.25) is 0 Å². The van der Waals surface area contributed by atoms with E-state index < -0.39 is 6.67 Å². The Bertz CT molecular complexity index is 828. The van der Waals surface area contributed by atoms with Gasteiger partial charge in [0, 0.05) is 26.2 Å². The lowest BCUT2D eigenvalue weighted by Gasteiger charge is -2.36. The van der Waals surface area contributed by atoms with Crippen LogP contribution >= 0.6 is 11.3 Å². The molecule has 1 aromatic heterocycles. The molecule has 0 N–H and O–H groups in total. The third-order valence-corrected chi connectivity index (χ3v) is 5.63. The molecule has 6 heteroatoms. The zero-order valence-corrected chi connectivity index (χ0v) is 15.4. The first kappa shape index (κ1) is 17.2. The van der Waals surface area contributed by atoms with Gasteiger partial charge < -0.3 is 9.64 Å². The van der Waals surface area contributed by atoms with Crippen molar-refractivity contribution in [2.75, 3.05) is 44.4 Å². The Morgan fingerprint density at radius 3 is 2.58 bits per heavy atom. The van der Waals surface area contributed by atoms with E-state index in [0.29, 0.717) is 0 Å². The summed E-state index contributed by atoms with van der Waals surface area (Å²) in [5, 5.41) is 1.17. The van der Waals surface area contributed by atoms with Crippen LogP contribution in [0.1, 0.15) is 5.01 Å². The number of aromatic nitrogens is 1. The van der Waals surface area contributed by atoms with Crippen molar-refractivity contribution < 1.29 is 9.13 Å². The fraction of sp³-hybridized carbons (Fsp3) is 0.350. The minimum absolute atomic E-state index is 0.106. The summed E-state index contributed by atoms with van der Waals surface area (Å²) in [6.07, 6.45) is 0. The van der Waals surface area contributed by atoms with E-state index in [2.05, 4.69) is 34.1 Å². The Morgan fingerprint density at radius 1 is 1.00 bits per heavy atom. The predicted molar refractivity (Wildman–Crippen MR) is 105 cm³/mol. The van der Waals surface area contributed by atoms with Crippen LogP contribution in [0.25, 0.3) is 10.2 Å².